The summed E-state index contributed by atoms with van der Waals surface area (Å²) in [6, 6.07) is 6.15. The highest BCUT2D eigenvalue weighted by Crippen LogP contribution is 2.34. The fourth-order valence-electron chi connectivity index (χ4n) is 2.26. The van der Waals surface area contributed by atoms with Crippen LogP contribution >= 0.6 is 11.6 Å². The number of hydrogen-bond donors (Lipinski definition) is 1. The first-order valence-corrected chi connectivity index (χ1v) is 6.39. The summed E-state index contributed by atoms with van der Waals surface area (Å²) >= 11 is 6.38. The number of halogens is 1. The lowest BCUT2D eigenvalue weighted by atomic mass is 10.1. The number of rotatable bonds is 4. The Morgan fingerprint density at radius 2 is 2.17 bits per heavy atom. The molecule has 1 aromatic carbocycles. The number of hydrogen-bond acceptors (Lipinski definition) is 2. The van der Waals surface area contributed by atoms with E-state index in [4.69, 9.17) is 16.3 Å². The van der Waals surface area contributed by atoms with Crippen LogP contribution in [0.3, 0.4) is 0 Å². The number of methoxy groups -OCH3 is 1. The van der Waals surface area contributed by atoms with Crippen LogP contribution < -0.4 is 0 Å². The summed E-state index contributed by atoms with van der Waals surface area (Å²) in [5.74, 6) is 0. The minimum Gasteiger partial charge on any atom is -0.389 e. The molecular formula is C14H18ClNO2. The van der Waals surface area contributed by atoms with Gasteiger partial charge in [-0.2, -0.15) is 0 Å². The number of fused-ring (bicyclic) bond motifs is 1. The van der Waals surface area contributed by atoms with Gasteiger partial charge in [-0.15, -0.1) is 0 Å². The highest BCUT2D eigenvalue weighted by Gasteiger charge is 2.18. The van der Waals surface area contributed by atoms with E-state index in [9.17, 15) is 5.11 Å². The lowest BCUT2D eigenvalue weighted by Crippen LogP contribution is -2.04. The molecule has 98 valence electrons. The Labute approximate surface area is 112 Å². The summed E-state index contributed by atoms with van der Waals surface area (Å²) in [6.07, 6.45) is -0.578. The van der Waals surface area contributed by atoms with Gasteiger partial charge >= 0.3 is 0 Å². The molecule has 0 aliphatic carbocycles. The van der Waals surface area contributed by atoms with Gasteiger partial charge in [0.05, 0.1) is 12.7 Å². The van der Waals surface area contributed by atoms with E-state index < -0.39 is 6.10 Å². The Morgan fingerprint density at radius 1 is 1.44 bits per heavy atom. The van der Waals surface area contributed by atoms with Crippen molar-refractivity contribution in [2.45, 2.75) is 26.5 Å². The average molecular weight is 268 g/mol. The van der Waals surface area contributed by atoms with E-state index in [0.717, 1.165) is 22.0 Å². The second kappa shape index (κ2) is 5.31. The van der Waals surface area contributed by atoms with E-state index in [0.29, 0.717) is 18.3 Å². The van der Waals surface area contributed by atoms with Crippen LogP contribution in [0.5, 0.6) is 0 Å². The molecule has 0 saturated carbocycles. The number of aromatic nitrogens is 1. The highest BCUT2D eigenvalue weighted by molar-refractivity contribution is 6.32. The molecule has 1 N–H and O–H groups in total. The largest absolute Gasteiger partial charge is 0.389 e. The third-order valence-electron chi connectivity index (χ3n) is 3.13. The van der Waals surface area contributed by atoms with E-state index in [-0.39, 0.29) is 0 Å². The van der Waals surface area contributed by atoms with Crippen molar-refractivity contribution in [3.63, 3.8) is 0 Å². The number of ether oxygens (including phenoxy) is 1. The van der Waals surface area contributed by atoms with E-state index in [2.05, 4.69) is 6.07 Å². The highest BCUT2D eigenvalue weighted by atomic mass is 35.5. The second-order valence-electron chi connectivity index (χ2n) is 4.55. The molecule has 0 radical (unpaired) electrons. The number of nitrogens with zero attached hydrogens (tertiary/aromatic N) is 1. The monoisotopic (exact) mass is 267 g/mol. The Hall–Kier alpha value is -1.03. The SMILES string of the molecule is COCCn1c(Cl)c(C(C)O)c2cc(C)ccc21. The molecule has 1 unspecified atom stereocenters. The van der Waals surface area contributed by atoms with Gasteiger partial charge < -0.3 is 14.4 Å². The van der Waals surface area contributed by atoms with Crippen LogP contribution in [0, 0.1) is 6.92 Å². The van der Waals surface area contributed by atoms with Crippen molar-refractivity contribution in [3.05, 3.63) is 34.5 Å². The van der Waals surface area contributed by atoms with Gasteiger partial charge in [-0.25, -0.2) is 0 Å². The maximum Gasteiger partial charge on any atom is 0.115 e. The van der Waals surface area contributed by atoms with Crippen molar-refractivity contribution in [2.75, 3.05) is 13.7 Å². The summed E-state index contributed by atoms with van der Waals surface area (Å²) < 4.78 is 7.09. The van der Waals surface area contributed by atoms with Crippen LogP contribution in [0.1, 0.15) is 24.2 Å². The Bertz CT molecular complexity index is 560. The maximum absolute atomic E-state index is 9.90. The summed E-state index contributed by atoms with van der Waals surface area (Å²) in [5.41, 5.74) is 3.00. The minimum absolute atomic E-state index is 0.578. The zero-order chi connectivity index (χ0) is 13.3. The third-order valence-corrected chi connectivity index (χ3v) is 3.54. The average Bonchev–Trinajstić information content (AvgIpc) is 2.58. The fourth-order valence-corrected chi connectivity index (χ4v) is 2.70. The molecule has 2 aromatic rings. The van der Waals surface area contributed by atoms with Gasteiger partial charge in [0, 0.05) is 30.1 Å². The van der Waals surface area contributed by atoms with Crippen LogP contribution in [-0.4, -0.2) is 23.4 Å². The van der Waals surface area contributed by atoms with Crippen molar-refractivity contribution in [2.24, 2.45) is 0 Å². The van der Waals surface area contributed by atoms with E-state index in [1.807, 2.05) is 23.6 Å². The first-order valence-electron chi connectivity index (χ1n) is 6.01. The predicted molar refractivity (Wildman–Crippen MR) is 74.2 cm³/mol. The summed E-state index contributed by atoms with van der Waals surface area (Å²) in [7, 11) is 1.67. The molecule has 1 heterocycles. The molecule has 0 amide bonds. The molecule has 0 aliphatic rings. The van der Waals surface area contributed by atoms with Crippen molar-refractivity contribution in [1.82, 2.24) is 4.57 Å². The maximum atomic E-state index is 9.90. The first-order chi connectivity index (χ1) is 8.56. The zero-order valence-corrected chi connectivity index (χ0v) is 11.7. The van der Waals surface area contributed by atoms with E-state index in [1.54, 1.807) is 14.0 Å². The molecule has 0 bridgehead atoms. The van der Waals surface area contributed by atoms with Crippen LogP contribution in [0.25, 0.3) is 10.9 Å². The fraction of sp³-hybridized carbons (Fsp3) is 0.429. The Morgan fingerprint density at radius 3 is 2.78 bits per heavy atom. The number of aliphatic hydroxyl groups is 1. The molecule has 0 fully saturated rings. The molecule has 1 aromatic heterocycles. The van der Waals surface area contributed by atoms with Gasteiger partial charge in [-0.05, 0) is 26.0 Å². The molecule has 1 atom stereocenters. The van der Waals surface area contributed by atoms with Gasteiger partial charge in [-0.1, -0.05) is 23.2 Å². The van der Waals surface area contributed by atoms with Gasteiger partial charge in [0.15, 0.2) is 0 Å². The van der Waals surface area contributed by atoms with Crippen LogP contribution in [0.15, 0.2) is 18.2 Å². The number of benzene rings is 1. The van der Waals surface area contributed by atoms with Gasteiger partial charge in [0.1, 0.15) is 5.15 Å². The summed E-state index contributed by atoms with van der Waals surface area (Å²) in [5, 5.41) is 11.5. The summed E-state index contributed by atoms with van der Waals surface area (Å²) in [4.78, 5) is 0. The van der Waals surface area contributed by atoms with Crippen molar-refractivity contribution in [3.8, 4) is 0 Å². The van der Waals surface area contributed by atoms with Crippen LogP contribution in [-0.2, 0) is 11.3 Å². The lowest BCUT2D eigenvalue weighted by molar-refractivity contribution is 0.187. The smallest absolute Gasteiger partial charge is 0.115 e. The molecular weight excluding hydrogens is 250 g/mol. The molecule has 0 saturated heterocycles. The van der Waals surface area contributed by atoms with Gasteiger partial charge in [0.2, 0.25) is 0 Å². The first kappa shape index (κ1) is 13.4. The molecule has 0 spiro atoms. The molecule has 0 aliphatic heterocycles. The van der Waals surface area contributed by atoms with Gasteiger partial charge in [-0.3, -0.25) is 0 Å². The van der Waals surface area contributed by atoms with Crippen molar-refractivity contribution >= 4 is 22.5 Å². The zero-order valence-electron chi connectivity index (χ0n) is 10.9. The van der Waals surface area contributed by atoms with Crippen molar-refractivity contribution < 1.29 is 9.84 Å². The van der Waals surface area contributed by atoms with E-state index >= 15 is 0 Å². The van der Waals surface area contributed by atoms with Crippen LogP contribution in [0.4, 0.5) is 0 Å². The molecule has 18 heavy (non-hydrogen) atoms. The number of aryl methyl sites for hydroxylation is 1. The van der Waals surface area contributed by atoms with Crippen LogP contribution in [0.2, 0.25) is 5.15 Å². The second-order valence-corrected chi connectivity index (χ2v) is 4.90. The quantitative estimate of drug-likeness (QED) is 0.922. The van der Waals surface area contributed by atoms with E-state index in [1.165, 1.54) is 0 Å². The third kappa shape index (κ3) is 2.26. The van der Waals surface area contributed by atoms with Crippen molar-refractivity contribution in [1.29, 1.82) is 0 Å². The minimum atomic E-state index is -0.578. The Kier molecular flexibility index (Phi) is 3.95. The molecule has 4 heteroatoms. The summed E-state index contributed by atoms with van der Waals surface area (Å²) in [6.45, 7) is 5.05. The molecule has 2 rings (SSSR count). The lowest BCUT2D eigenvalue weighted by Gasteiger charge is -2.07. The molecule has 3 nitrogen and oxygen atoms in total. The topological polar surface area (TPSA) is 34.4 Å². The predicted octanol–water partition coefficient (Wildman–Crippen LogP) is 3.30. The Balaban J connectivity index is 2.66. The number of aliphatic hydroxyl groups excluding tert-OH is 1. The van der Waals surface area contributed by atoms with Gasteiger partial charge in [0.25, 0.3) is 0 Å². The standard InChI is InChI=1S/C14H18ClNO2/c1-9-4-5-12-11(8-9)13(10(2)17)14(15)16(12)6-7-18-3/h4-5,8,10,17H,6-7H2,1-3H3. The normalized spacial score (nSPS) is 13.2.